The van der Waals surface area contributed by atoms with Crippen molar-refractivity contribution in [3.8, 4) is 0 Å². The summed E-state index contributed by atoms with van der Waals surface area (Å²) >= 11 is 4.96. The third kappa shape index (κ3) is 5.11. The Morgan fingerprint density at radius 2 is 2.21 bits per heavy atom. The van der Waals surface area contributed by atoms with Crippen LogP contribution < -0.4 is 20.5 Å². The third-order valence-electron chi connectivity index (χ3n) is 4.75. The van der Waals surface area contributed by atoms with Crippen LogP contribution >= 0.6 is 12.2 Å². The molecule has 0 bridgehead atoms. The van der Waals surface area contributed by atoms with Gasteiger partial charge in [0, 0.05) is 19.6 Å². The number of nitrogens with zero attached hydrogens (tertiary/aromatic N) is 3. The summed E-state index contributed by atoms with van der Waals surface area (Å²) < 4.78 is 20.1. The molecule has 0 aromatic heterocycles. The maximum Gasteiger partial charge on any atom is 0.414 e. The molecule has 2 saturated heterocycles. The molecule has 3 N–H and O–H groups in total. The van der Waals surface area contributed by atoms with Crippen molar-refractivity contribution < 1.29 is 23.8 Å². The molecule has 0 aliphatic carbocycles. The maximum atomic E-state index is 14.8. The molecule has 158 valence electrons. The van der Waals surface area contributed by atoms with Crippen molar-refractivity contribution in [1.82, 2.24) is 15.8 Å². The summed E-state index contributed by atoms with van der Waals surface area (Å²) in [4.78, 5) is 27.6. The van der Waals surface area contributed by atoms with E-state index in [0.29, 0.717) is 55.6 Å². The number of hydrogen-bond donors (Lipinski definition) is 3. The highest BCUT2D eigenvalue weighted by Gasteiger charge is 2.33. The number of thiocarbonyl (C=S) groups is 1. The molecule has 2 amide bonds. The Morgan fingerprint density at radius 3 is 2.90 bits per heavy atom. The van der Waals surface area contributed by atoms with Crippen molar-refractivity contribution in [3.63, 3.8) is 0 Å². The first-order chi connectivity index (χ1) is 13.9. The van der Waals surface area contributed by atoms with Crippen molar-refractivity contribution in [2.24, 2.45) is 0 Å². The first-order valence-corrected chi connectivity index (χ1v) is 9.71. The van der Waals surface area contributed by atoms with Crippen molar-refractivity contribution in [2.45, 2.75) is 13.0 Å². The summed E-state index contributed by atoms with van der Waals surface area (Å²) in [5.41, 5.74) is 3.72. The number of rotatable bonds is 5. The van der Waals surface area contributed by atoms with Crippen LogP contribution in [-0.2, 0) is 9.53 Å². The third-order valence-corrected chi connectivity index (χ3v) is 4.89. The van der Waals surface area contributed by atoms with Gasteiger partial charge in [0.2, 0.25) is 0 Å². The Bertz CT molecular complexity index is 796. The predicted molar refractivity (Wildman–Crippen MR) is 109 cm³/mol. The quantitative estimate of drug-likeness (QED) is 0.577. The number of aliphatic hydroxyl groups is 1. The first-order valence-electron chi connectivity index (χ1n) is 9.31. The molecule has 9 nitrogen and oxygen atoms in total. The van der Waals surface area contributed by atoms with Crippen molar-refractivity contribution in [1.29, 1.82) is 0 Å². The summed E-state index contributed by atoms with van der Waals surface area (Å²) in [5, 5.41) is 13.3. The fraction of sp³-hybridized carbons (Fsp3) is 0.500. The number of aliphatic hydroxyl groups excluding tert-OH is 1. The van der Waals surface area contributed by atoms with Crippen LogP contribution in [0.25, 0.3) is 0 Å². The summed E-state index contributed by atoms with van der Waals surface area (Å²) in [6.45, 7) is 3.51. The van der Waals surface area contributed by atoms with E-state index in [1.807, 2.05) is 4.90 Å². The molecule has 2 heterocycles. The van der Waals surface area contributed by atoms with Gasteiger partial charge in [0.25, 0.3) is 5.91 Å². The molecule has 11 heteroatoms. The molecule has 1 aromatic rings. The zero-order valence-corrected chi connectivity index (χ0v) is 16.9. The zero-order chi connectivity index (χ0) is 21.0. The van der Waals surface area contributed by atoms with Crippen LogP contribution in [-0.4, -0.2) is 79.1 Å². The minimum absolute atomic E-state index is 0.305. The molecule has 0 unspecified atom stereocenters. The van der Waals surface area contributed by atoms with Crippen LogP contribution in [0.2, 0.25) is 0 Å². The van der Waals surface area contributed by atoms with Crippen molar-refractivity contribution in [3.05, 3.63) is 24.0 Å². The van der Waals surface area contributed by atoms with Gasteiger partial charge < -0.3 is 20.1 Å². The lowest BCUT2D eigenvalue weighted by Crippen LogP contribution is -2.45. The smallest absolute Gasteiger partial charge is 0.414 e. The predicted octanol–water partition coefficient (Wildman–Crippen LogP) is 0.233. The molecule has 0 spiro atoms. The van der Waals surface area contributed by atoms with Crippen LogP contribution in [0, 0.1) is 5.82 Å². The standard InChI is InChI=1S/C18H24FN5O4S/c1-12(29)20-9-14-10-23(18(27)28-14)13-2-3-16(15(19)8-13)22-5-4-21-24(7-6-22)17(26)11-25/h2-3,8,14,21,25H,4-7,9-11H2,1H3,(H,20,29)/t14-/m0/s1. The van der Waals surface area contributed by atoms with Gasteiger partial charge in [-0.25, -0.2) is 14.6 Å². The van der Waals surface area contributed by atoms with E-state index in [-0.39, 0.29) is 6.10 Å². The highest BCUT2D eigenvalue weighted by atomic mass is 32.1. The molecule has 3 rings (SSSR count). The minimum atomic E-state index is -0.581. The van der Waals surface area contributed by atoms with Gasteiger partial charge in [-0.1, -0.05) is 12.2 Å². The van der Waals surface area contributed by atoms with Gasteiger partial charge in [-0.2, -0.15) is 0 Å². The van der Waals surface area contributed by atoms with Crippen LogP contribution in [0.5, 0.6) is 0 Å². The number of hydrazine groups is 1. The lowest BCUT2D eigenvalue weighted by atomic mass is 10.2. The molecule has 2 fully saturated rings. The summed E-state index contributed by atoms with van der Waals surface area (Å²) in [6, 6.07) is 4.61. The second-order valence-electron chi connectivity index (χ2n) is 6.79. The number of carbonyl (C=O) groups is 2. The van der Waals surface area contributed by atoms with E-state index in [4.69, 9.17) is 22.1 Å². The molecular weight excluding hydrogens is 401 g/mol. The Balaban J connectivity index is 1.66. The van der Waals surface area contributed by atoms with Gasteiger partial charge in [0.15, 0.2) is 0 Å². The highest BCUT2D eigenvalue weighted by molar-refractivity contribution is 7.80. The number of amides is 2. The Hall–Kier alpha value is -2.50. The minimum Gasteiger partial charge on any atom is -0.442 e. The number of benzene rings is 1. The molecular formula is C18H24FN5O4S. The fourth-order valence-corrected chi connectivity index (χ4v) is 3.37. The average Bonchev–Trinajstić information content (AvgIpc) is 2.90. The number of hydrogen-bond acceptors (Lipinski definition) is 7. The van der Waals surface area contributed by atoms with E-state index in [1.165, 1.54) is 16.0 Å². The lowest BCUT2D eigenvalue weighted by molar-refractivity contribution is -0.136. The topological polar surface area (TPSA) is 97.4 Å². The van der Waals surface area contributed by atoms with E-state index in [0.717, 1.165) is 0 Å². The Labute approximate surface area is 173 Å². The first kappa shape index (κ1) is 21.2. The van der Waals surface area contributed by atoms with E-state index < -0.39 is 24.4 Å². The molecule has 29 heavy (non-hydrogen) atoms. The number of carbonyl (C=O) groups excluding carboxylic acids is 2. The number of ether oxygens (including phenoxy) is 1. The molecule has 2 aliphatic rings. The molecule has 0 saturated carbocycles. The number of halogens is 1. The van der Waals surface area contributed by atoms with Gasteiger partial charge in [0.05, 0.1) is 36.0 Å². The second kappa shape index (κ2) is 9.33. The molecule has 1 atom stereocenters. The monoisotopic (exact) mass is 425 g/mol. The molecule has 1 aromatic carbocycles. The summed E-state index contributed by atoms with van der Waals surface area (Å²) in [5.74, 6) is -0.892. The largest absolute Gasteiger partial charge is 0.442 e. The van der Waals surface area contributed by atoms with Gasteiger partial charge in [-0.3, -0.25) is 14.7 Å². The van der Waals surface area contributed by atoms with Crippen molar-refractivity contribution >= 4 is 40.6 Å². The lowest BCUT2D eigenvalue weighted by Gasteiger charge is -2.24. The highest BCUT2D eigenvalue weighted by Crippen LogP contribution is 2.28. The van der Waals surface area contributed by atoms with Crippen molar-refractivity contribution in [2.75, 3.05) is 55.7 Å². The number of cyclic esters (lactones) is 1. The van der Waals surface area contributed by atoms with Gasteiger partial charge in [-0.05, 0) is 25.1 Å². The fourth-order valence-electron chi connectivity index (χ4n) is 3.29. The van der Waals surface area contributed by atoms with E-state index >= 15 is 0 Å². The molecule has 2 aliphatic heterocycles. The SMILES string of the molecule is CC(=S)NC[C@H]1CN(c2ccc(N3CCNN(C(=O)CO)CC3)c(F)c2)C(=O)O1. The van der Waals surface area contributed by atoms with Gasteiger partial charge >= 0.3 is 6.09 Å². The van der Waals surface area contributed by atoms with E-state index in [1.54, 1.807) is 19.1 Å². The van der Waals surface area contributed by atoms with Crippen LogP contribution in [0.3, 0.4) is 0 Å². The van der Waals surface area contributed by atoms with Gasteiger partial charge in [-0.15, -0.1) is 0 Å². The van der Waals surface area contributed by atoms with Gasteiger partial charge in [0.1, 0.15) is 18.5 Å². The summed E-state index contributed by atoms with van der Waals surface area (Å²) in [7, 11) is 0. The average molecular weight is 425 g/mol. The molecule has 0 radical (unpaired) electrons. The van der Waals surface area contributed by atoms with E-state index in [2.05, 4.69) is 10.7 Å². The van der Waals surface area contributed by atoms with E-state index in [9.17, 15) is 14.0 Å². The number of anilines is 2. The maximum absolute atomic E-state index is 14.8. The number of nitrogens with one attached hydrogen (secondary N) is 2. The Kier molecular flexibility index (Phi) is 6.83. The van der Waals surface area contributed by atoms with Crippen LogP contribution in [0.1, 0.15) is 6.92 Å². The Morgan fingerprint density at radius 1 is 1.41 bits per heavy atom. The van der Waals surface area contributed by atoms with Crippen LogP contribution in [0.4, 0.5) is 20.6 Å². The second-order valence-corrected chi connectivity index (χ2v) is 7.40. The normalized spacial score (nSPS) is 19.8. The summed E-state index contributed by atoms with van der Waals surface area (Å²) in [6.07, 6.45) is -0.891. The zero-order valence-electron chi connectivity index (χ0n) is 16.1. The van der Waals surface area contributed by atoms with Crippen LogP contribution in [0.15, 0.2) is 18.2 Å².